The lowest BCUT2D eigenvalue weighted by Gasteiger charge is -2.32. The van der Waals surface area contributed by atoms with E-state index >= 15 is 0 Å². The van der Waals surface area contributed by atoms with Crippen molar-refractivity contribution in [2.45, 2.75) is 19.4 Å². The second-order valence-electron chi connectivity index (χ2n) is 4.65. The van der Waals surface area contributed by atoms with Crippen LogP contribution in [0.1, 0.15) is 18.4 Å². The Morgan fingerprint density at radius 2 is 2.06 bits per heavy atom. The summed E-state index contributed by atoms with van der Waals surface area (Å²) in [7, 11) is 0. The molecular weight excluding hydrogens is 233 g/mol. The topological polar surface area (TPSA) is 72.3 Å². The molecule has 5 heteroatoms. The number of benzene rings is 1. The molecular formula is C13H18FN3O. The summed E-state index contributed by atoms with van der Waals surface area (Å²) < 4.78 is 13.9. The summed E-state index contributed by atoms with van der Waals surface area (Å²) in [5.41, 5.74) is 12.1. The highest BCUT2D eigenvalue weighted by atomic mass is 19.1. The van der Waals surface area contributed by atoms with E-state index in [9.17, 15) is 9.18 Å². The van der Waals surface area contributed by atoms with Gasteiger partial charge in [-0.15, -0.1) is 0 Å². The van der Waals surface area contributed by atoms with Gasteiger partial charge in [-0.25, -0.2) is 4.39 Å². The van der Waals surface area contributed by atoms with Gasteiger partial charge in [0.2, 0.25) is 5.91 Å². The van der Waals surface area contributed by atoms with Gasteiger partial charge in [0.25, 0.3) is 0 Å². The van der Waals surface area contributed by atoms with Crippen LogP contribution in [0, 0.1) is 11.7 Å². The average Bonchev–Trinajstić information content (AvgIpc) is 2.38. The van der Waals surface area contributed by atoms with Gasteiger partial charge in [0.05, 0.1) is 5.69 Å². The lowest BCUT2D eigenvalue weighted by molar-refractivity contribution is -0.122. The average molecular weight is 251 g/mol. The minimum Gasteiger partial charge on any atom is -0.369 e. The Bertz CT molecular complexity index is 442. The summed E-state index contributed by atoms with van der Waals surface area (Å²) >= 11 is 0. The molecule has 0 atom stereocenters. The first-order valence-electron chi connectivity index (χ1n) is 6.14. The second-order valence-corrected chi connectivity index (χ2v) is 4.65. The molecule has 0 bridgehead atoms. The maximum absolute atomic E-state index is 13.9. The van der Waals surface area contributed by atoms with Gasteiger partial charge in [0, 0.05) is 25.6 Å². The lowest BCUT2D eigenvalue weighted by Crippen LogP contribution is -2.38. The van der Waals surface area contributed by atoms with E-state index < -0.39 is 0 Å². The van der Waals surface area contributed by atoms with E-state index in [4.69, 9.17) is 11.5 Å². The molecule has 4 N–H and O–H groups in total. The molecule has 1 aliphatic rings. The van der Waals surface area contributed by atoms with Crippen molar-refractivity contribution >= 4 is 11.6 Å². The van der Waals surface area contributed by atoms with Crippen LogP contribution in [0.25, 0.3) is 0 Å². The smallest absolute Gasteiger partial charge is 0.220 e. The van der Waals surface area contributed by atoms with Crippen molar-refractivity contribution in [3.8, 4) is 0 Å². The van der Waals surface area contributed by atoms with E-state index in [1.54, 1.807) is 6.07 Å². The number of amides is 1. The zero-order valence-electron chi connectivity index (χ0n) is 10.2. The standard InChI is InChI=1S/C13H18FN3O/c14-11-7-9(8-15)1-2-12(11)17-5-3-10(4-6-17)13(16)18/h1-2,7,10H,3-6,8,15H2,(H2,16,18). The van der Waals surface area contributed by atoms with E-state index in [0.717, 1.165) is 5.56 Å². The summed E-state index contributed by atoms with van der Waals surface area (Å²) in [4.78, 5) is 13.0. The number of carbonyl (C=O) groups is 1. The van der Waals surface area contributed by atoms with Crippen molar-refractivity contribution < 1.29 is 9.18 Å². The van der Waals surface area contributed by atoms with Crippen LogP contribution in [0.5, 0.6) is 0 Å². The summed E-state index contributed by atoms with van der Waals surface area (Å²) in [6.45, 7) is 1.65. The number of hydrogen-bond acceptors (Lipinski definition) is 3. The third-order valence-electron chi connectivity index (χ3n) is 3.49. The number of halogens is 1. The number of hydrogen-bond donors (Lipinski definition) is 2. The van der Waals surface area contributed by atoms with Gasteiger partial charge in [0.15, 0.2) is 0 Å². The zero-order chi connectivity index (χ0) is 13.1. The Kier molecular flexibility index (Phi) is 3.81. The fourth-order valence-corrected chi connectivity index (χ4v) is 2.34. The van der Waals surface area contributed by atoms with Crippen LogP contribution < -0.4 is 16.4 Å². The number of primary amides is 1. The quantitative estimate of drug-likeness (QED) is 0.841. The predicted octanol–water partition coefficient (Wildman–Crippen LogP) is 0.986. The fourth-order valence-electron chi connectivity index (χ4n) is 2.34. The van der Waals surface area contributed by atoms with Gasteiger partial charge in [-0.2, -0.15) is 0 Å². The molecule has 18 heavy (non-hydrogen) atoms. The number of piperidine rings is 1. The summed E-state index contributed by atoms with van der Waals surface area (Å²) in [6.07, 6.45) is 1.38. The first-order valence-corrected chi connectivity index (χ1v) is 6.14. The number of anilines is 1. The maximum Gasteiger partial charge on any atom is 0.220 e. The van der Waals surface area contributed by atoms with Crippen molar-refractivity contribution in [3.63, 3.8) is 0 Å². The largest absolute Gasteiger partial charge is 0.369 e. The molecule has 1 heterocycles. The van der Waals surface area contributed by atoms with E-state index in [-0.39, 0.29) is 17.6 Å². The Morgan fingerprint density at radius 1 is 1.39 bits per heavy atom. The number of rotatable bonds is 3. The molecule has 98 valence electrons. The number of nitrogens with zero attached hydrogens (tertiary/aromatic N) is 1. The van der Waals surface area contributed by atoms with Gasteiger partial charge in [-0.05, 0) is 30.5 Å². The van der Waals surface area contributed by atoms with Crippen LogP contribution in [0.4, 0.5) is 10.1 Å². The maximum atomic E-state index is 13.9. The van der Waals surface area contributed by atoms with Crippen LogP contribution in [0.15, 0.2) is 18.2 Å². The second kappa shape index (κ2) is 5.35. The molecule has 0 spiro atoms. The van der Waals surface area contributed by atoms with Gasteiger partial charge in [0.1, 0.15) is 5.82 Å². The molecule has 4 nitrogen and oxygen atoms in total. The number of nitrogens with two attached hydrogens (primary N) is 2. The molecule has 1 aromatic rings. The minimum absolute atomic E-state index is 0.0763. The molecule has 0 saturated carbocycles. The third kappa shape index (κ3) is 2.61. The Labute approximate surface area is 106 Å². The Hall–Kier alpha value is -1.62. The highest BCUT2D eigenvalue weighted by molar-refractivity contribution is 5.77. The van der Waals surface area contributed by atoms with Crippen LogP contribution >= 0.6 is 0 Å². The van der Waals surface area contributed by atoms with Gasteiger partial charge in [-0.1, -0.05) is 6.07 Å². The van der Waals surface area contributed by atoms with Crippen LogP contribution in [-0.4, -0.2) is 19.0 Å². The van der Waals surface area contributed by atoms with Crippen molar-refractivity contribution in [2.24, 2.45) is 17.4 Å². The molecule has 2 rings (SSSR count). The minimum atomic E-state index is -0.256. The van der Waals surface area contributed by atoms with Gasteiger partial charge < -0.3 is 16.4 Å². The van der Waals surface area contributed by atoms with E-state index in [2.05, 4.69) is 0 Å². The van der Waals surface area contributed by atoms with Gasteiger partial charge in [-0.3, -0.25) is 4.79 Å². The Balaban J connectivity index is 2.07. The van der Waals surface area contributed by atoms with Crippen molar-refractivity contribution in [3.05, 3.63) is 29.6 Å². The normalized spacial score (nSPS) is 16.9. The fraction of sp³-hybridized carbons (Fsp3) is 0.462. The molecule has 1 aromatic carbocycles. The van der Waals surface area contributed by atoms with Gasteiger partial charge >= 0.3 is 0 Å². The van der Waals surface area contributed by atoms with Crippen LogP contribution in [0.2, 0.25) is 0 Å². The van der Waals surface area contributed by atoms with E-state index in [1.165, 1.54) is 6.07 Å². The molecule has 0 aliphatic carbocycles. The van der Waals surface area contributed by atoms with E-state index in [0.29, 0.717) is 38.2 Å². The van der Waals surface area contributed by atoms with Crippen molar-refractivity contribution in [1.29, 1.82) is 0 Å². The molecule has 1 saturated heterocycles. The monoisotopic (exact) mass is 251 g/mol. The molecule has 1 fully saturated rings. The molecule has 0 unspecified atom stereocenters. The highest BCUT2D eigenvalue weighted by Crippen LogP contribution is 2.26. The van der Waals surface area contributed by atoms with Crippen molar-refractivity contribution in [2.75, 3.05) is 18.0 Å². The Morgan fingerprint density at radius 3 is 2.56 bits per heavy atom. The third-order valence-corrected chi connectivity index (χ3v) is 3.49. The molecule has 1 aliphatic heterocycles. The van der Waals surface area contributed by atoms with E-state index in [1.807, 2.05) is 11.0 Å². The summed E-state index contributed by atoms with van der Waals surface area (Å²) in [5, 5.41) is 0. The number of carbonyl (C=O) groups excluding carboxylic acids is 1. The molecule has 0 radical (unpaired) electrons. The van der Waals surface area contributed by atoms with Crippen molar-refractivity contribution in [1.82, 2.24) is 0 Å². The molecule has 0 aromatic heterocycles. The first kappa shape index (κ1) is 12.8. The highest BCUT2D eigenvalue weighted by Gasteiger charge is 2.24. The SMILES string of the molecule is NCc1ccc(N2CCC(C(N)=O)CC2)c(F)c1. The molecule has 1 amide bonds. The lowest BCUT2D eigenvalue weighted by atomic mass is 9.96. The van der Waals surface area contributed by atoms with Crippen LogP contribution in [-0.2, 0) is 11.3 Å². The summed E-state index contributed by atoms with van der Waals surface area (Å²) in [5.74, 6) is -0.586. The predicted molar refractivity (Wildman–Crippen MR) is 68.4 cm³/mol. The zero-order valence-corrected chi connectivity index (χ0v) is 10.2. The summed E-state index contributed by atoms with van der Waals surface area (Å²) in [6, 6.07) is 5.05. The van der Waals surface area contributed by atoms with Crippen LogP contribution in [0.3, 0.4) is 0 Å². The first-order chi connectivity index (χ1) is 8.61.